The maximum absolute atomic E-state index is 13.3. The summed E-state index contributed by atoms with van der Waals surface area (Å²) in [5, 5.41) is 2.07. The number of nitrogens with one attached hydrogen (secondary N) is 1. The molecule has 0 amide bonds. The molecule has 1 heterocycles. The van der Waals surface area contributed by atoms with E-state index in [-0.39, 0.29) is 10.2 Å². The largest absolute Gasteiger partial charge is 0.349 e. The minimum atomic E-state index is -1.80. The van der Waals surface area contributed by atoms with Gasteiger partial charge in [-0.05, 0) is 34.1 Å². The van der Waals surface area contributed by atoms with E-state index in [1.165, 1.54) is 6.07 Å². The second-order valence-electron chi connectivity index (χ2n) is 3.45. The summed E-state index contributed by atoms with van der Waals surface area (Å²) in [5.74, 6) is -7.69. The molecule has 0 saturated heterocycles. The molecule has 0 bridgehead atoms. The van der Waals surface area contributed by atoms with Gasteiger partial charge in [0.15, 0.2) is 0 Å². The van der Waals surface area contributed by atoms with Crippen molar-refractivity contribution in [3.05, 3.63) is 52.0 Å². The summed E-state index contributed by atoms with van der Waals surface area (Å²) in [6.07, 6.45) is 0. The zero-order valence-corrected chi connectivity index (χ0v) is 10.5. The average Bonchev–Trinajstić information content (AvgIpc) is 2.36. The van der Waals surface area contributed by atoms with Gasteiger partial charge in [-0.25, -0.2) is 4.39 Å². The van der Waals surface area contributed by atoms with Crippen molar-refractivity contribution >= 4 is 27.3 Å². The molecule has 19 heavy (non-hydrogen) atoms. The van der Waals surface area contributed by atoms with Crippen molar-refractivity contribution in [1.29, 1.82) is 0 Å². The van der Waals surface area contributed by atoms with Crippen LogP contribution in [0.2, 0.25) is 0 Å². The molecule has 1 aromatic heterocycles. The lowest BCUT2D eigenvalue weighted by Crippen LogP contribution is -2.06. The summed E-state index contributed by atoms with van der Waals surface area (Å²) in [6.45, 7) is 0. The van der Waals surface area contributed by atoms with E-state index in [1.54, 1.807) is 0 Å². The smallest absolute Gasteiger partial charge is 0.253 e. The Morgan fingerprint density at radius 2 is 1.53 bits per heavy atom. The molecule has 2 nitrogen and oxygen atoms in total. The summed E-state index contributed by atoms with van der Waals surface area (Å²) in [4.78, 5) is 2.41. The molecule has 0 aliphatic carbocycles. The van der Waals surface area contributed by atoms with Crippen molar-refractivity contribution in [3.63, 3.8) is 0 Å². The molecule has 0 radical (unpaired) electrons. The van der Waals surface area contributed by atoms with Crippen LogP contribution in [0.5, 0.6) is 0 Å². The van der Waals surface area contributed by atoms with Crippen molar-refractivity contribution in [1.82, 2.24) is 4.98 Å². The Labute approximate surface area is 112 Å². The molecule has 0 unspecified atom stereocenters. The number of aromatic nitrogens is 1. The molecule has 0 aliphatic rings. The predicted molar refractivity (Wildman–Crippen MR) is 61.5 cm³/mol. The number of rotatable bonds is 2. The van der Waals surface area contributed by atoms with Crippen molar-refractivity contribution < 1.29 is 22.0 Å². The molecule has 0 atom stereocenters. The predicted octanol–water partition coefficient (Wildman–Crippen LogP) is 4.28. The fraction of sp³-hybridized carbons (Fsp3) is 0. The van der Waals surface area contributed by atoms with E-state index >= 15 is 0 Å². The van der Waals surface area contributed by atoms with Crippen molar-refractivity contribution in [2.45, 2.75) is 0 Å². The van der Waals surface area contributed by atoms with E-state index in [1.807, 2.05) is 0 Å². The number of hydrogen-bond acceptors (Lipinski definition) is 2. The molecular weight excluding hydrogens is 335 g/mol. The van der Waals surface area contributed by atoms with Gasteiger partial charge in [-0.2, -0.15) is 22.5 Å². The SMILES string of the molecule is Fc1ccc(Br)c(Nc2c(F)c(F)nc(F)c2F)c1. The lowest BCUT2D eigenvalue weighted by Gasteiger charge is -2.11. The highest BCUT2D eigenvalue weighted by atomic mass is 79.9. The Balaban J connectivity index is 2.52. The van der Waals surface area contributed by atoms with Gasteiger partial charge in [0, 0.05) is 4.47 Å². The minimum absolute atomic E-state index is 0.0946. The molecule has 8 heteroatoms. The number of halogens is 6. The van der Waals surface area contributed by atoms with Gasteiger partial charge in [0.1, 0.15) is 11.5 Å². The second kappa shape index (κ2) is 5.12. The maximum Gasteiger partial charge on any atom is 0.253 e. The molecule has 2 aromatic rings. The Kier molecular flexibility index (Phi) is 3.70. The first-order chi connectivity index (χ1) is 8.90. The van der Waals surface area contributed by atoms with Gasteiger partial charge in [-0.1, -0.05) is 0 Å². The van der Waals surface area contributed by atoms with Crippen LogP contribution in [-0.2, 0) is 0 Å². The van der Waals surface area contributed by atoms with E-state index in [0.29, 0.717) is 0 Å². The van der Waals surface area contributed by atoms with Crippen LogP contribution < -0.4 is 5.32 Å². The molecule has 0 fully saturated rings. The number of hydrogen-bond donors (Lipinski definition) is 1. The molecular formula is C11H4BrF5N2. The van der Waals surface area contributed by atoms with Gasteiger partial charge in [0.25, 0.3) is 11.9 Å². The van der Waals surface area contributed by atoms with Gasteiger partial charge in [-0.3, -0.25) is 0 Å². The molecule has 100 valence electrons. The van der Waals surface area contributed by atoms with Crippen molar-refractivity contribution in [2.24, 2.45) is 0 Å². The van der Waals surface area contributed by atoms with Crippen molar-refractivity contribution in [3.8, 4) is 0 Å². The van der Waals surface area contributed by atoms with Gasteiger partial charge < -0.3 is 5.32 Å². The quantitative estimate of drug-likeness (QED) is 0.653. The number of pyridine rings is 1. The monoisotopic (exact) mass is 338 g/mol. The van der Waals surface area contributed by atoms with Crippen LogP contribution in [0.3, 0.4) is 0 Å². The van der Waals surface area contributed by atoms with Crippen LogP contribution in [-0.4, -0.2) is 4.98 Å². The van der Waals surface area contributed by atoms with Crippen LogP contribution in [0.25, 0.3) is 0 Å². The summed E-state index contributed by atoms with van der Waals surface area (Å²) in [6, 6.07) is 3.26. The summed E-state index contributed by atoms with van der Waals surface area (Å²) >= 11 is 3.00. The fourth-order valence-corrected chi connectivity index (χ4v) is 1.67. The van der Waals surface area contributed by atoms with Crippen LogP contribution in [0.15, 0.2) is 22.7 Å². The lowest BCUT2D eigenvalue weighted by molar-refractivity contribution is 0.411. The first kappa shape index (κ1) is 13.7. The van der Waals surface area contributed by atoms with E-state index in [0.717, 1.165) is 12.1 Å². The highest BCUT2D eigenvalue weighted by Gasteiger charge is 2.21. The molecule has 0 aliphatic heterocycles. The van der Waals surface area contributed by atoms with Gasteiger partial charge in [0.05, 0.1) is 5.69 Å². The molecule has 1 N–H and O–H groups in total. The first-order valence-electron chi connectivity index (χ1n) is 4.82. The second-order valence-corrected chi connectivity index (χ2v) is 4.30. The van der Waals surface area contributed by atoms with Crippen LogP contribution in [0.1, 0.15) is 0 Å². The standard InChI is InChI=1S/C11H4BrF5N2/c12-5-2-1-4(13)3-6(5)18-9-7(14)10(16)19-11(17)8(9)15/h1-3H,(H,18,19). The Hall–Kier alpha value is -1.70. The number of benzene rings is 1. The molecule has 0 spiro atoms. The van der Waals surface area contributed by atoms with E-state index in [9.17, 15) is 22.0 Å². The fourth-order valence-electron chi connectivity index (χ4n) is 1.32. The zero-order valence-electron chi connectivity index (χ0n) is 8.95. The normalized spacial score (nSPS) is 10.6. The van der Waals surface area contributed by atoms with Crippen molar-refractivity contribution in [2.75, 3.05) is 5.32 Å². The molecule has 1 aromatic carbocycles. The van der Waals surface area contributed by atoms with Crippen LogP contribution >= 0.6 is 15.9 Å². The average molecular weight is 339 g/mol. The minimum Gasteiger partial charge on any atom is -0.349 e. The van der Waals surface area contributed by atoms with E-state index in [2.05, 4.69) is 26.2 Å². The first-order valence-corrected chi connectivity index (χ1v) is 5.61. The Bertz CT molecular complexity index is 621. The third-order valence-corrected chi connectivity index (χ3v) is 2.88. The number of nitrogens with zero attached hydrogens (tertiary/aromatic N) is 1. The number of anilines is 2. The third-order valence-electron chi connectivity index (χ3n) is 2.19. The molecule has 2 rings (SSSR count). The summed E-state index contributed by atoms with van der Waals surface area (Å²) in [5.41, 5.74) is -1.18. The summed E-state index contributed by atoms with van der Waals surface area (Å²) in [7, 11) is 0. The van der Waals surface area contributed by atoms with Gasteiger partial charge in [0.2, 0.25) is 11.6 Å². The van der Waals surface area contributed by atoms with E-state index < -0.39 is 35.0 Å². The third kappa shape index (κ3) is 2.67. The highest BCUT2D eigenvalue weighted by molar-refractivity contribution is 9.10. The van der Waals surface area contributed by atoms with Gasteiger partial charge >= 0.3 is 0 Å². The topological polar surface area (TPSA) is 24.9 Å². The lowest BCUT2D eigenvalue weighted by atomic mass is 10.3. The highest BCUT2D eigenvalue weighted by Crippen LogP contribution is 2.30. The Morgan fingerprint density at radius 3 is 2.11 bits per heavy atom. The Morgan fingerprint density at radius 1 is 0.947 bits per heavy atom. The zero-order chi connectivity index (χ0) is 14.2. The summed E-state index contributed by atoms with van der Waals surface area (Å²) < 4.78 is 65.7. The van der Waals surface area contributed by atoms with Gasteiger partial charge in [-0.15, -0.1) is 0 Å². The van der Waals surface area contributed by atoms with E-state index in [4.69, 9.17) is 0 Å². The molecule has 0 saturated carbocycles. The maximum atomic E-state index is 13.3. The van der Waals surface area contributed by atoms with Crippen LogP contribution in [0, 0.1) is 29.3 Å². The van der Waals surface area contributed by atoms with Crippen LogP contribution in [0.4, 0.5) is 33.3 Å².